The standard InChI is InChI=1S/C11H15NOS/c1-7-3-4-10(13-2)8-5-14-6-9(12)11(7)8/h3-4,9H,5-6,12H2,1-2H3/t9-/m1/s1. The Kier molecular flexibility index (Phi) is 2.70. The first kappa shape index (κ1) is 9.87. The molecule has 2 nitrogen and oxygen atoms in total. The van der Waals surface area contributed by atoms with Gasteiger partial charge in [-0.05, 0) is 24.1 Å². The van der Waals surface area contributed by atoms with E-state index in [2.05, 4.69) is 13.0 Å². The highest BCUT2D eigenvalue weighted by Crippen LogP contribution is 2.37. The van der Waals surface area contributed by atoms with Crippen LogP contribution in [0.2, 0.25) is 0 Å². The summed E-state index contributed by atoms with van der Waals surface area (Å²) in [6, 6.07) is 4.29. The number of nitrogens with two attached hydrogens (primary N) is 1. The minimum absolute atomic E-state index is 0.166. The molecule has 0 spiro atoms. The fraction of sp³-hybridized carbons (Fsp3) is 0.455. The van der Waals surface area contributed by atoms with Crippen LogP contribution in [0.4, 0.5) is 0 Å². The number of ether oxygens (including phenoxy) is 1. The maximum Gasteiger partial charge on any atom is 0.123 e. The zero-order valence-electron chi connectivity index (χ0n) is 8.54. The summed E-state index contributed by atoms with van der Waals surface area (Å²) in [7, 11) is 1.72. The number of rotatable bonds is 1. The lowest BCUT2D eigenvalue weighted by molar-refractivity contribution is 0.410. The number of benzene rings is 1. The zero-order valence-corrected chi connectivity index (χ0v) is 9.36. The van der Waals surface area contributed by atoms with Gasteiger partial charge in [-0.15, -0.1) is 0 Å². The Bertz CT molecular complexity index is 351. The molecule has 0 unspecified atom stereocenters. The van der Waals surface area contributed by atoms with E-state index in [0.717, 1.165) is 17.3 Å². The molecule has 3 heteroatoms. The van der Waals surface area contributed by atoms with Crippen molar-refractivity contribution in [3.05, 3.63) is 28.8 Å². The van der Waals surface area contributed by atoms with Crippen LogP contribution < -0.4 is 10.5 Å². The van der Waals surface area contributed by atoms with Crippen LogP contribution in [0.5, 0.6) is 5.75 Å². The maximum absolute atomic E-state index is 6.09. The van der Waals surface area contributed by atoms with Gasteiger partial charge in [0.15, 0.2) is 0 Å². The van der Waals surface area contributed by atoms with E-state index in [4.69, 9.17) is 10.5 Å². The molecule has 1 aromatic rings. The SMILES string of the molecule is COc1ccc(C)c2c1CSC[C@H]2N. The number of hydrogen-bond donors (Lipinski definition) is 1. The summed E-state index contributed by atoms with van der Waals surface area (Å²) in [6.45, 7) is 2.12. The highest BCUT2D eigenvalue weighted by Gasteiger charge is 2.21. The molecule has 76 valence electrons. The first-order valence-electron chi connectivity index (χ1n) is 4.73. The van der Waals surface area contributed by atoms with Crippen LogP contribution >= 0.6 is 11.8 Å². The molecule has 0 amide bonds. The van der Waals surface area contributed by atoms with Crippen LogP contribution in [0, 0.1) is 6.92 Å². The number of methoxy groups -OCH3 is 1. The third-order valence-electron chi connectivity index (χ3n) is 2.67. The number of hydrogen-bond acceptors (Lipinski definition) is 3. The Balaban J connectivity index is 2.57. The Hall–Kier alpha value is -0.670. The molecule has 0 aliphatic carbocycles. The predicted octanol–water partition coefficient (Wildman–Crippen LogP) is 2.25. The van der Waals surface area contributed by atoms with E-state index in [0.29, 0.717) is 0 Å². The number of fused-ring (bicyclic) bond motifs is 1. The lowest BCUT2D eigenvalue weighted by atomic mass is 9.96. The van der Waals surface area contributed by atoms with Crippen LogP contribution in [0.15, 0.2) is 12.1 Å². The first-order chi connectivity index (χ1) is 6.74. The molecule has 1 heterocycles. The van der Waals surface area contributed by atoms with Crippen molar-refractivity contribution in [1.82, 2.24) is 0 Å². The molecule has 1 atom stereocenters. The van der Waals surface area contributed by atoms with Crippen molar-refractivity contribution in [3.63, 3.8) is 0 Å². The van der Waals surface area contributed by atoms with Crippen molar-refractivity contribution in [1.29, 1.82) is 0 Å². The van der Waals surface area contributed by atoms with Crippen molar-refractivity contribution in [2.24, 2.45) is 5.73 Å². The van der Waals surface area contributed by atoms with E-state index >= 15 is 0 Å². The summed E-state index contributed by atoms with van der Waals surface area (Å²) in [5.74, 6) is 3.02. The predicted molar refractivity (Wildman–Crippen MR) is 60.8 cm³/mol. The lowest BCUT2D eigenvalue weighted by Gasteiger charge is -2.25. The second kappa shape index (κ2) is 3.83. The smallest absolute Gasteiger partial charge is 0.123 e. The molecule has 14 heavy (non-hydrogen) atoms. The van der Waals surface area contributed by atoms with Gasteiger partial charge in [0.1, 0.15) is 5.75 Å². The van der Waals surface area contributed by atoms with Crippen molar-refractivity contribution in [2.45, 2.75) is 18.7 Å². The van der Waals surface area contributed by atoms with Gasteiger partial charge in [-0.1, -0.05) is 6.07 Å². The van der Waals surface area contributed by atoms with E-state index in [1.807, 2.05) is 17.8 Å². The maximum atomic E-state index is 6.09. The lowest BCUT2D eigenvalue weighted by Crippen LogP contribution is -2.20. The van der Waals surface area contributed by atoms with Gasteiger partial charge in [0.2, 0.25) is 0 Å². The summed E-state index contributed by atoms with van der Waals surface area (Å²) in [4.78, 5) is 0. The van der Waals surface area contributed by atoms with E-state index in [9.17, 15) is 0 Å². The molecule has 1 aliphatic rings. The first-order valence-corrected chi connectivity index (χ1v) is 5.89. The second-order valence-electron chi connectivity index (χ2n) is 3.60. The van der Waals surface area contributed by atoms with E-state index in [-0.39, 0.29) is 6.04 Å². The summed E-state index contributed by atoms with van der Waals surface area (Å²) >= 11 is 1.88. The Labute approximate surface area is 88.8 Å². The second-order valence-corrected chi connectivity index (χ2v) is 4.63. The van der Waals surface area contributed by atoms with Gasteiger partial charge < -0.3 is 10.5 Å². The van der Waals surface area contributed by atoms with Crippen LogP contribution in [0.25, 0.3) is 0 Å². The van der Waals surface area contributed by atoms with Gasteiger partial charge in [-0.3, -0.25) is 0 Å². The average Bonchev–Trinajstić information content (AvgIpc) is 2.18. The monoisotopic (exact) mass is 209 g/mol. The molecular weight excluding hydrogens is 194 g/mol. The topological polar surface area (TPSA) is 35.2 Å². The number of thioether (sulfide) groups is 1. The summed E-state index contributed by atoms with van der Waals surface area (Å²) in [5.41, 5.74) is 9.96. The fourth-order valence-electron chi connectivity index (χ4n) is 1.99. The van der Waals surface area contributed by atoms with E-state index < -0.39 is 0 Å². The van der Waals surface area contributed by atoms with Crippen molar-refractivity contribution < 1.29 is 4.74 Å². The minimum atomic E-state index is 0.166. The van der Waals surface area contributed by atoms with Gasteiger partial charge in [0.25, 0.3) is 0 Å². The molecule has 0 saturated heterocycles. The van der Waals surface area contributed by atoms with E-state index in [1.54, 1.807) is 7.11 Å². The molecule has 2 N–H and O–H groups in total. The van der Waals surface area contributed by atoms with E-state index in [1.165, 1.54) is 16.7 Å². The molecule has 0 aromatic heterocycles. The van der Waals surface area contributed by atoms with Crippen LogP contribution in [-0.4, -0.2) is 12.9 Å². The molecule has 0 radical (unpaired) electrons. The minimum Gasteiger partial charge on any atom is -0.496 e. The third-order valence-corrected chi connectivity index (χ3v) is 3.75. The van der Waals surface area contributed by atoms with Crippen LogP contribution in [0.1, 0.15) is 22.7 Å². The quantitative estimate of drug-likeness (QED) is 0.770. The van der Waals surface area contributed by atoms with Crippen molar-refractivity contribution >= 4 is 11.8 Å². The largest absolute Gasteiger partial charge is 0.496 e. The van der Waals surface area contributed by atoms with Gasteiger partial charge >= 0.3 is 0 Å². The molecule has 0 bridgehead atoms. The molecule has 1 aromatic carbocycles. The van der Waals surface area contributed by atoms with Gasteiger partial charge in [0, 0.05) is 23.1 Å². The zero-order chi connectivity index (χ0) is 10.1. The molecular formula is C11H15NOS. The number of aryl methyl sites for hydroxylation is 1. The van der Waals surface area contributed by atoms with Crippen LogP contribution in [0.3, 0.4) is 0 Å². The highest BCUT2D eigenvalue weighted by molar-refractivity contribution is 7.98. The third kappa shape index (κ3) is 1.51. The van der Waals surface area contributed by atoms with Crippen molar-refractivity contribution in [2.75, 3.05) is 12.9 Å². The molecule has 1 aliphatic heterocycles. The molecule has 2 rings (SSSR count). The normalized spacial score (nSPS) is 20.4. The molecule has 0 saturated carbocycles. The Morgan fingerprint density at radius 3 is 3.00 bits per heavy atom. The average molecular weight is 209 g/mol. The Morgan fingerprint density at radius 2 is 2.29 bits per heavy atom. The fourth-order valence-corrected chi connectivity index (χ4v) is 3.03. The van der Waals surface area contributed by atoms with Gasteiger partial charge in [0.05, 0.1) is 7.11 Å². The Morgan fingerprint density at radius 1 is 1.50 bits per heavy atom. The van der Waals surface area contributed by atoms with Crippen molar-refractivity contribution in [3.8, 4) is 5.75 Å². The summed E-state index contributed by atoms with van der Waals surface area (Å²) in [5, 5.41) is 0. The highest BCUT2D eigenvalue weighted by atomic mass is 32.2. The summed E-state index contributed by atoms with van der Waals surface area (Å²) in [6.07, 6.45) is 0. The van der Waals surface area contributed by atoms with Gasteiger partial charge in [-0.25, -0.2) is 0 Å². The summed E-state index contributed by atoms with van der Waals surface area (Å²) < 4.78 is 5.35. The molecule has 0 fully saturated rings. The van der Waals surface area contributed by atoms with Crippen LogP contribution in [-0.2, 0) is 5.75 Å². The van der Waals surface area contributed by atoms with Gasteiger partial charge in [-0.2, -0.15) is 11.8 Å².